The zero-order chi connectivity index (χ0) is 14.6. The van der Waals surface area contributed by atoms with E-state index in [1.54, 1.807) is 6.07 Å². The Morgan fingerprint density at radius 2 is 2.00 bits per heavy atom. The van der Waals surface area contributed by atoms with Gasteiger partial charge in [0.1, 0.15) is 6.07 Å². The van der Waals surface area contributed by atoms with Crippen molar-refractivity contribution in [2.24, 2.45) is 0 Å². The van der Waals surface area contributed by atoms with Crippen LogP contribution in [0.15, 0.2) is 18.2 Å². The molecule has 0 radical (unpaired) electrons. The number of hydrogen-bond acceptors (Lipinski definition) is 3. The zero-order valence-corrected chi connectivity index (χ0v) is 10.9. The summed E-state index contributed by atoms with van der Waals surface area (Å²) in [6.07, 6.45) is -1.10. The van der Waals surface area contributed by atoms with Gasteiger partial charge in [0.05, 0.1) is 16.8 Å². The molecule has 0 saturated heterocycles. The van der Waals surface area contributed by atoms with Gasteiger partial charge < -0.3 is 10.6 Å². The predicted octanol–water partition coefficient (Wildman–Crippen LogP) is 3.13. The van der Waals surface area contributed by atoms with Crippen LogP contribution in [0.1, 0.15) is 30.4 Å². The van der Waals surface area contributed by atoms with Gasteiger partial charge in [0.25, 0.3) is 0 Å². The SMILES string of the molecule is N#Cc1cc(C(F)(F)F)ccc1NCCCNC1CC1. The van der Waals surface area contributed by atoms with Crippen LogP contribution in [-0.2, 0) is 6.18 Å². The van der Waals surface area contributed by atoms with Crippen LogP contribution in [0.2, 0.25) is 0 Å². The molecule has 2 rings (SSSR count). The molecular weight excluding hydrogens is 267 g/mol. The van der Waals surface area contributed by atoms with E-state index in [0.717, 1.165) is 25.1 Å². The van der Waals surface area contributed by atoms with Gasteiger partial charge in [-0.25, -0.2) is 0 Å². The molecule has 1 fully saturated rings. The van der Waals surface area contributed by atoms with E-state index in [4.69, 9.17) is 5.26 Å². The molecule has 0 heterocycles. The van der Waals surface area contributed by atoms with Gasteiger partial charge in [-0.15, -0.1) is 0 Å². The number of alkyl halides is 3. The van der Waals surface area contributed by atoms with E-state index in [1.165, 1.54) is 18.9 Å². The number of anilines is 1. The summed E-state index contributed by atoms with van der Waals surface area (Å²) in [5.41, 5.74) is -0.322. The largest absolute Gasteiger partial charge is 0.416 e. The van der Waals surface area contributed by atoms with Gasteiger partial charge in [-0.05, 0) is 44.0 Å². The fourth-order valence-electron chi connectivity index (χ4n) is 1.87. The van der Waals surface area contributed by atoms with Crippen LogP contribution in [0, 0.1) is 11.3 Å². The number of halogens is 3. The lowest BCUT2D eigenvalue weighted by Gasteiger charge is -2.11. The maximum atomic E-state index is 12.5. The predicted molar refractivity (Wildman–Crippen MR) is 70.3 cm³/mol. The molecule has 2 N–H and O–H groups in total. The molecule has 0 aromatic heterocycles. The lowest BCUT2D eigenvalue weighted by molar-refractivity contribution is -0.137. The number of nitrogens with one attached hydrogen (secondary N) is 2. The topological polar surface area (TPSA) is 47.9 Å². The number of nitriles is 1. The van der Waals surface area contributed by atoms with Gasteiger partial charge in [-0.2, -0.15) is 18.4 Å². The Morgan fingerprint density at radius 3 is 2.60 bits per heavy atom. The zero-order valence-electron chi connectivity index (χ0n) is 10.9. The van der Waals surface area contributed by atoms with Gasteiger partial charge in [-0.1, -0.05) is 0 Å². The summed E-state index contributed by atoms with van der Waals surface area (Å²) in [5.74, 6) is 0. The van der Waals surface area contributed by atoms with E-state index in [1.807, 2.05) is 0 Å². The summed E-state index contributed by atoms with van der Waals surface area (Å²) < 4.78 is 37.6. The summed E-state index contributed by atoms with van der Waals surface area (Å²) in [4.78, 5) is 0. The molecule has 0 atom stereocenters. The number of nitrogens with zero attached hydrogens (tertiary/aromatic N) is 1. The second-order valence-electron chi connectivity index (χ2n) is 4.88. The normalized spacial score (nSPS) is 14.9. The lowest BCUT2D eigenvalue weighted by Crippen LogP contribution is -2.20. The first-order valence-corrected chi connectivity index (χ1v) is 6.59. The molecule has 0 bridgehead atoms. The summed E-state index contributed by atoms with van der Waals surface area (Å²) in [6.45, 7) is 1.50. The number of rotatable bonds is 6. The minimum Gasteiger partial charge on any atom is -0.384 e. The van der Waals surface area contributed by atoms with Crippen molar-refractivity contribution >= 4 is 5.69 Å². The smallest absolute Gasteiger partial charge is 0.384 e. The average Bonchev–Trinajstić information content (AvgIpc) is 3.21. The third kappa shape index (κ3) is 4.14. The first-order valence-electron chi connectivity index (χ1n) is 6.59. The highest BCUT2D eigenvalue weighted by Gasteiger charge is 2.31. The van der Waals surface area contributed by atoms with E-state index in [9.17, 15) is 13.2 Å². The Morgan fingerprint density at radius 1 is 1.25 bits per heavy atom. The van der Waals surface area contributed by atoms with Gasteiger partial charge >= 0.3 is 6.18 Å². The van der Waals surface area contributed by atoms with Crippen molar-refractivity contribution in [2.75, 3.05) is 18.4 Å². The van der Waals surface area contributed by atoms with Crippen molar-refractivity contribution < 1.29 is 13.2 Å². The molecule has 1 aromatic carbocycles. The highest BCUT2D eigenvalue weighted by atomic mass is 19.4. The van der Waals surface area contributed by atoms with Crippen LogP contribution in [0.5, 0.6) is 0 Å². The maximum absolute atomic E-state index is 12.5. The Balaban J connectivity index is 1.88. The van der Waals surface area contributed by atoms with E-state index in [-0.39, 0.29) is 5.56 Å². The molecule has 108 valence electrons. The third-order valence-electron chi connectivity index (χ3n) is 3.15. The molecule has 1 saturated carbocycles. The monoisotopic (exact) mass is 283 g/mol. The maximum Gasteiger partial charge on any atom is 0.416 e. The van der Waals surface area contributed by atoms with Gasteiger partial charge in [-0.3, -0.25) is 0 Å². The first-order chi connectivity index (χ1) is 9.50. The number of benzene rings is 1. The summed E-state index contributed by atoms with van der Waals surface area (Å²) in [5, 5.41) is 15.3. The molecule has 0 spiro atoms. The van der Waals surface area contributed by atoms with Crippen molar-refractivity contribution in [1.29, 1.82) is 5.26 Å². The van der Waals surface area contributed by atoms with Gasteiger partial charge in [0.2, 0.25) is 0 Å². The Kier molecular flexibility index (Phi) is 4.50. The van der Waals surface area contributed by atoms with Crippen LogP contribution >= 0.6 is 0 Å². The Bertz CT molecular complexity index is 501. The molecular formula is C14H16F3N3. The van der Waals surface area contributed by atoms with E-state index in [0.29, 0.717) is 18.3 Å². The molecule has 1 aromatic rings. The van der Waals surface area contributed by atoms with Crippen LogP contribution < -0.4 is 10.6 Å². The third-order valence-corrected chi connectivity index (χ3v) is 3.15. The molecule has 1 aliphatic rings. The van der Waals surface area contributed by atoms with Crippen LogP contribution in [-0.4, -0.2) is 19.1 Å². The van der Waals surface area contributed by atoms with E-state index >= 15 is 0 Å². The molecule has 3 nitrogen and oxygen atoms in total. The molecule has 0 aliphatic heterocycles. The highest BCUT2D eigenvalue weighted by molar-refractivity contribution is 5.58. The fraction of sp³-hybridized carbons (Fsp3) is 0.500. The summed E-state index contributed by atoms with van der Waals surface area (Å²) in [6, 6.07) is 5.63. The van der Waals surface area contributed by atoms with Gasteiger partial charge in [0, 0.05) is 12.6 Å². The Hall–Kier alpha value is -1.74. The van der Waals surface area contributed by atoms with Crippen molar-refractivity contribution in [3.63, 3.8) is 0 Å². The Labute approximate surface area is 115 Å². The standard InChI is InChI=1S/C14H16F3N3/c15-14(16,17)11-2-5-13(10(8-11)9-18)20-7-1-6-19-12-3-4-12/h2,5,8,12,19-20H,1,3-4,6-7H2. The van der Waals surface area contributed by atoms with E-state index < -0.39 is 11.7 Å². The molecule has 1 aliphatic carbocycles. The highest BCUT2D eigenvalue weighted by Crippen LogP contribution is 2.31. The molecule has 20 heavy (non-hydrogen) atoms. The quantitative estimate of drug-likeness (QED) is 0.789. The summed E-state index contributed by atoms with van der Waals surface area (Å²) >= 11 is 0. The van der Waals surface area contributed by atoms with Crippen molar-refractivity contribution in [2.45, 2.75) is 31.5 Å². The summed E-state index contributed by atoms with van der Waals surface area (Å²) in [7, 11) is 0. The minimum absolute atomic E-state index is 0.0231. The first kappa shape index (κ1) is 14.7. The lowest BCUT2D eigenvalue weighted by atomic mass is 10.1. The number of hydrogen-bond donors (Lipinski definition) is 2. The molecule has 6 heteroatoms. The average molecular weight is 283 g/mol. The molecule has 0 unspecified atom stereocenters. The fourth-order valence-corrected chi connectivity index (χ4v) is 1.87. The van der Waals surface area contributed by atoms with Crippen molar-refractivity contribution in [3.8, 4) is 6.07 Å². The van der Waals surface area contributed by atoms with Crippen LogP contribution in [0.4, 0.5) is 18.9 Å². The van der Waals surface area contributed by atoms with Gasteiger partial charge in [0.15, 0.2) is 0 Å². The van der Waals surface area contributed by atoms with Crippen molar-refractivity contribution in [1.82, 2.24) is 5.32 Å². The second-order valence-corrected chi connectivity index (χ2v) is 4.88. The van der Waals surface area contributed by atoms with E-state index in [2.05, 4.69) is 10.6 Å². The van der Waals surface area contributed by atoms with Crippen molar-refractivity contribution in [3.05, 3.63) is 29.3 Å². The second kappa shape index (κ2) is 6.14. The van der Waals surface area contributed by atoms with Crippen LogP contribution in [0.3, 0.4) is 0 Å². The minimum atomic E-state index is -4.42. The van der Waals surface area contributed by atoms with Crippen LogP contribution in [0.25, 0.3) is 0 Å². The molecule has 0 amide bonds.